The van der Waals surface area contributed by atoms with Crippen LogP contribution in [0.1, 0.15) is 26.7 Å². The van der Waals surface area contributed by atoms with Crippen LogP contribution in [0.4, 0.5) is 0 Å². The van der Waals surface area contributed by atoms with Gasteiger partial charge in [-0.3, -0.25) is 9.48 Å². The lowest BCUT2D eigenvalue weighted by Crippen LogP contribution is -2.32. The van der Waals surface area contributed by atoms with Gasteiger partial charge in [0, 0.05) is 18.7 Å². The van der Waals surface area contributed by atoms with E-state index in [1.165, 1.54) is 4.88 Å². The Morgan fingerprint density at radius 2 is 2.20 bits per heavy atom. The summed E-state index contributed by atoms with van der Waals surface area (Å²) in [5.74, 6) is 0.287. The quantitative estimate of drug-likeness (QED) is 0.851. The first-order valence-corrected chi connectivity index (χ1v) is 7.97. The molecule has 20 heavy (non-hydrogen) atoms. The van der Waals surface area contributed by atoms with Crippen LogP contribution in [-0.4, -0.2) is 22.2 Å². The molecular formula is C15H21N3OS. The normalized spacial score (nSPS) is 10.9. The van der Waals surface area contributed by atoms with Gasteiger partial charge >= 0.3 is 0 Å². The van der Waals surface area contributed by atoms with E-state index in [1.807, 2.05) is 28.4 Å². The Hall–Kier alpha value is -1.62. The molecule has 0 fully saturated rings. The van der Waals surface area contributed by atoms with Crippen molar-refractivity contribution < 1.29 is 4.79 Å². The Morgan fingerprint density at radius 1 is 1.40 bits per heavy atom. The zero-order chi connectivity index (χ0) is 14.4. The largest absolute Gasteiger partial charge is 0.354 e. The maximum absolute atomic E-state index is 11.8. The minimum Gasteiger partial charge on any atom is -0.354 e. The Kier molecular flexibility index (Phi) is 5.35. The van der Waals surface area contributed by atoms with E-state index in [2.05, 4.69) is 30.3 Å². The molecule has 0 radical (unpaired) electrons. The maximum Gasteiger partial charge on any atom is 0.223 e. The Morgan fingerprint density at radius 3 is 2.85 bits per heavy atom. The number of aromatic nitrogens is 2. The van der Waals surface area contributed by atoms with Crippen LogP contribution < -0.4 is 5.32 Å². The van der Waals surface area contributed by atoms with Crippen molar-refractivity contribution in [2.24, 2.45) is 5.92 Å². The standard InChI is InChI=1S/C15H21N3OS/c1-3-12(4-2)15(19)16-8-10-18-9-7-13(17-18)14-6-5-11-20-14/h5-7,9,11-12H,3-4,8,10H2,1-2H3,(H,16,19). The van der Waals surface area contributed by atoms with Gasteiger partial charge in [-0.15, -0.1) is 11.3 Å². The highest BCUT2D eigenvalue weighted by molar-refractivity contribution is 7.13. The third-order valence-corrected chi connectivity index (χ3v) is 4.30. The first-order chi connectivity index (χ1) is 9.74. The second-order valence-electron chi connectivity index (χ2n) is 4.75. The summed E-state index contributed by atoms with van der Waals surface area (Å²) < 4.78 is 1.88. The van der Waals surface area contributed by atoms with Gasteiger partial charge in [0.2, 0.25) is 5.91 Å². The maximum atomic E-state index is 11.8. The van der Waals surface area contributed by atoms with Crippen LogP contribution >= 0.6 is 11.3 Å². The van der Waals surface area contributed by atoms with Crippen molar-refractivity contribution in [3.05, 3.63) is 29.8 Å². The van der Waals surface area contributed by atoms with E-state index < -0.39 is 0 Å². The molecule has 4 nitrogen and oxygen atoms in total. The van der Waals surface area contributed by atoms with Crippen LogP contribution in [0.15, 0.2) is 29.8 Å². The summed E-state index contributed by atoms with van der Waals surface area (Å²) in [6.45, 7) is 5.43. The fourth-order valence-corrected chi connectivity index (χ4v) is 2.83. The third kappa shape index (κ3) is 3.70. The van der Waals surface area contributed by atoms with Crippen molar-refractivity contribution in [2.75, 3.05) is 6.54 Å². The number of hydrogen-bond donors (Lipinski definition) is 1. The van der Waals surface area contributed by atoms with Gasteiger partial charge < -0.3 is 5.32 Å². The van der Waals surface area contributed by atoms with Crippen molar-refractivity contribution in [1.82, 2.24) is 15.1 Å². The van der Waals surface area contributed by atoms with E-state index in [4.69, 9.17) is 0 Å². The summed E-state index contributed by atoms with van der Waals surface area (Å²) in [6.07, 6.45) is 3.75. The molecule has 2 aromatic heterocycles. The van der Waals surface area contributed by atoms with E-state index in [1.54, 1.807) is 11.3 Å². The van der Waals surface area contributed by atoms with Crippen LogP contribution in [-0.2, 0) is 11.3 Å². The van der Waals surface area contributed by atoms with Crippen molar-refractivity contribution in [1.29, 1.82) is 0 Å². The van der Waals surface area contributed by atoms with E-state index >= 15 is 0 Å². The molecule has 2 rings (SSSR count). The van der Waals surface area contributed by atoms with Crippen molar-refractivity contribution in [3.8, 4) is 10.6 Å². The summed E-state index contributed by atoms with van der Waals surface area (Å²) in [4.78, 5) is 13.0. The van der Waals surface area contributed by atoms with Gasteiger partial charge in [-0.2, -0.15) is 5.10 Å². The number of thiophene rings is 1. The highest BCUT2D eigenvalue weighted by atomic mass is 32.1. The molecule has 0 bridgehead atoms. The van der Waals surface area contributed by atoms with Crippen LogP contribution in [0.2, 0.25) is 0 Å². The molecular weight excluding hydrogens is 270 g/mol. The van der Waals surface area contributed by atoms with Gasteiger partial charge in [0.25, 0.3) is 0 Å². The second kappa shape index (κ2) is 7.24. The predicted molar refractivity (Wildman–Crippen MR) is 82.6 cm³/mol. The average Bonchev–Trinajstić information content (AvgIpc) is 3.10. The number of amides is 1. The van der Waals surface area contributed by atoms with Crippen LogP contribution in [0.5, 0.6) is 0 Å². The predicted octanol–water partition coefficient (Wildman–Crippen LogP) is 3.16. The minimum absolute atomic E-state index is 0.134. The number of nitrogens with one attached hydrogen (secondary N) is 1. The number of hydrogen-bond acceptors (Lipinski definition) is 3. The van der Waals surface area contributed by atoms with Crippen LogP contribution in [0.3, 0.4) is 0 Å². The fraction of sp³-hybridized carbons (Fsp3) is 0.467. The first-order valence-electron chi connectivity index (χ1n) is 7.09. The Labute approximate surface area is 123 Å². The Balaban J connectivity index is 1.82. The van der Waals surface area contributed by atoms with Gasteiger partial charge in [0.15, 0.2) is 0 Å². The summed E-state index contributed by atoms with van der Waals surface area (Å²) in [5, 5.41) is 9.54. The monoisotopic (exact) mass is 291 g/mol. The molecule has 2 aromatic rings. The van der Waals surface area contributed by atoms with Crippen molar-refractivity contribution >= 4 is 17.2 Å². The number of carbonyl (C=O) groups is 1. The van der Waals surface area contributed by atoms with Crippen molar-refractivity contribution in [2.45, 2.75) is 33.2 Å². The lowest BCUT2D eigenvalue weighted by molar-refractivity contribution is -0.125. The van der Waals surface area contributed by atoms with Crippen molar-refractivity contribution in [3.63, 3.8) is 0 Å². The molecule has 0 spiro atoms. The molecule has 0 aliphatic heterocycles. The van der Waals surface area contributed by atoms with Crippen LogP contribution in [0, 0.1) is 5.92 Å². The topological polar surface area (TPSA) is 46.9 Å². The number of nitrogens with zero attached hydrogens (tertiary/aromatic N) is 2. The van der Waals surface area contributed by atoms with E-state index in [0.29, 0.717) is 13.1 Å². The molecule has 1 N–H and O–H groups in total. The first kappa shape index (κ1) is 14.8. The third-order valence-electron chi connectivity index (χ3n) is 3.41. The molecule has 2 heterocycles. The summed E-state index contributed by atoms with van der Waals surface area (Å²) >= 11 is 1.68. The van der Waals surface area contributed by atoms with Gasteiger partial charge in [-0.1, -0.05) is 19.9 Å². The van der Waals surface area contributed by atoms with Gasteiger partial charge in [0.1, 0.15) is 5.69 Å². The molecule has 5 heteroatoms. The Bertz CT molecular complexity index is 529. The lowest BCUT2D eigenvalue weighted by Gasteiger charge is -2.12. The summed E-state index contributed by atoms with van der Waals surface area (Å²) in [5.41, 5.74) is 0.992. The van der Waals surface area contributed by atoms with E-state index in [-0.39, 0.29) is 11.8 Å². The van der Waals surface area contributed by atoms with Gasteiger partial charge in [-0.05, 0) is 30.4 Å². The van der Waals surface area contributed by atoms with Gasteiger partial charge in [0.05, 0.1) is 11.4 Å². The highest BCUT2D eigenvalue weighted by Gasteiger charge is 2.13. The SMILES string of the molecule is CCC(CC)C(=O)NCCn1ccc(-c2cccs2)n1. The number of carbonyl (C=O) groups excluding carboxylic acids is 1. The van der Waals surface area contributed by atoms with Crippen LogP contribution in [0.25, 0.3) is 10.6 Å². The van der Waals surface area contributed by atoms with E-state index in [0.717, 1.165) is 18.5 Å². The second-order valence-corrected chi connectivity index (χ2v) is 5.69. The molecule has 1 amide bonds. The number of rotatable bonds is 7. The molecule has 108 valence electrons. The zero-order valence-corrected chi connectivity index (χ0v) is 12.8. The molecule has 0 saturated carbocycles. The molecule has 0 aliphatic carbocycles. The van der Waals surface area contributed by atoms with E-state index in [9.17, 15) is 4.79 Å². The lowest BCUT2D eigenvalue weighted by atomic mass is 10.0. The zero-order valence-electron chi connectivity index (χ0n) is 12.0. The highest BCUT2D eigenvalue weighted by Crippen LogP contribution is 2.22. The fourth-order valence-electron chi connectivity index (χ4n) is 2.14. The smallest absolute Gasteiger partial charge is 0.223 e. The summed E-state index contributed by atoms with van der Waals surface area (Å²) in [7, 11) is 0. The average molecular weight is 291 g/mol. The molecule has 0 saturated heterocycles. The molecule has 0 aliphatic rings. The summed E-state index contributed by atoms with van der Waals surface area (Å²) in [6, 6.07) is 6.09. The van der Waals surface area contributed by atoms with Gasteiger partial charge in [-0.25, -0.2) is 0 Å². The minimum atomic E-state index is 0.134. The molecule has 0 aromatic carbocycles. The molecule has 0 unspecified atom stereocenters. The molecule has 0 atom stereocenters.